The number of carbonyl (C=O) groups is 1. The third-order valence-corrected chi connectivity index (χ3v) is 3.64. The molecule has 1 amide bonds. The Morgan fingerprint density at radius 1 is 1.26 bits per heavy atom. The Kier molecular flexibility index (Phi) is 4.03. The van der Waals surface area contributed by atoms with E-state index in [1.807, 2.05) is 20.8 Å². The lowest BCUT2D eigenvalue weighted by Gasteiger charge is -2.51. The minimum atomic E-state index is -0.456. The van der Waals surface area contributed by atoms with Gasteiger partial charge >= 0.3 is 6.09 Å². The van der Waals surface area contributed by atoms with E-state index in [1.54, 1.807) is 4.90 Å². The van der Waals surface area contributed by atoms with Crippen LogP contribution in [0, 0.1) is 0 Å². The molecule has 0 atom stereocenters. The van der Waals surface area contributed by atoms with Crippen LogP contribution in [0.4, 0.5) is 4.79 Å². The van der Waals surface area contributed by atoms with Gasteiger partial charge in [0, 0.05) is 26.2 Å². The SMILES string of the molecule is CC(C)(C)OC(=O)N1CCN(C2(CO)COC2)CC1. The van der Waals surface area contributed by atoms with Gasteiger partial charge in [0.05, 0.1) is 25.4 Å². The smallest absolute Gasteiger partial charge is 0.410 e. The summed E-state index contributed by atoms with van der Waals surface area (Å²) in [5, 5.41) is 9.49. The summed E-state index contributed by atoms with van der Waals surface area (Å²) in [5.74, 6) is 0. The summed E-state index contributed by atoms with van der Waals surface area (Å²) < 4.78 is 10.6. The number of carbonyl (C=O) groups excluding carboxylic acids is 1. The van der Waals surface area contributed by atoms with Gasteiger partial charge in [0.1, 0.15) is 5.60 Å². The third kappa shape index (κ3) is 3.19. The molecule has 1 N–H and O–H groups in total. The van der Waals surface area contributed by atoms with Gasteiger partial charge in [-0.3, -0.25) is 4.90 Å². The Balaban J connectivity index is 1.84. The van der Waals surface area contributed by atoms with Gasteiger partial charge in [0.2, 0.25) is 0 Å². The van der Waals surface area contributed by atoms with Crippen LogP contribution >= 0.6 is 0 Å². The summed E-state index contributed by atoms with van der Waals surface area (Å²) in [6.45, 7) is 9.65. The summed E-state index contributed by atoms with van der Waals surface area (Å²) >= 11 is 0. The number of hydrogen-bond acceptors (Lipinski definition) is 5. The number of aliphatic hydroxyl groups is 1. The Morgan fingerprint density at radius 2 is 1.84 bits per heavy atom. The molecule has 2 rings (SSSR count). The van der Waals surface area contributed by atoms with Crippen LogP contribution in [-0.2, 0) is 9.47 Å². The van der Waals surface area contributed by atoms with Crippen LogP contribution in [0.15, 0.2) is 0 Å². The first kappa shape index (κ1) is 14.6. The van der Waals surface area contributed by atoms with Gasteiger partial charge in [-0.15, -0.1) is 0 Å². The van der Waals surface area contributed by atoms with Crippen molar-refractivity contribution < 1.29 is 19.4 Å². The molecule has 0 saturated carbocycles. The summed E-state index contributed by atoms with van der Waals surface area (Å²) in [4.78, 5) is 15.9. The van der Waals surface area contributed by atoms with Crippen LogP contribution in [0.25, 0.3) is 0 Å². The lowest BCUT2D eigenvalue weighted by molar-refractivity contribution is -0.167. The van der Waals surface area contributed by atoms with Crippen molar-refractivity contribution in [2.24, 2.45) is 0 Å². The van der Waals surface area contributed by atoms with Gasteiger partial charge in [0.15, 0.2) is 0 Å². The fourth-order valence-electron chi connectivity index (χ4n) is 2.40. The second-order valence-electron chi connectivity index (χ2n) is 6.33. The summed E-state index contributed by atoms with van der Waals surface area (Å²) in [6, 6.07) is 0. The molecule has 0 unspecified atom stereocenters. The standard InChI is InChI=1S/C13H24N2O4/c1-12(2,3)19-11(17)14-4-6-15(7-5-14)13(8-16)9-18-10-13/h16H,4-10H2,1-3H3. The zero-order chi connectivity index (χ0) is 14.1. The highest BCUT2D eigenvalue weighted by Gasteiger charge is 2.45. The summed E-state index contributed by atoms with van der Waals surface area (Å²) in [5.41, 5.74) is -0.678. The molecule has 0 bridgehead atoms. The number of nitrogens with zero attached hydrogens (tertiary/aromatic N) is 2. The molecule has 0 aromatic rings. The lowest BCUT2D eigenvalue weighted by Crippen LogP contribution is -2.68. The van der Waals surface area contributed by atoms with E-state index in [-0.39, 0.29) is 18.2 Å². The van der Waals surface area contributed by atoms with E-state index in [0.717, 1.165) is 13.1 Å². The number of ether oxygens (including phenoxy) is 2. The second kappa shape index (κ2) is 5.26. The molecule has 2 aliphatic rings. The molecule has 2 heterocycles. The maximum atomic E-state index is 11.9. The molecule has 6 nitrogen and oxygen atoms in total. The number of rotatable bonds is 2. The van der Waals surface area contributed by atoms with Crippen LogP contribution in [-0.4, -0.2) is 78.1 Å². The largest absolute Gasteiger partial charge is 0.444 e. The van der Waals surface area contributed by atoms with E-state index >= 15 is 0 Å². The number of amides is 1. The predicted octanol–water partition coefficient (Wildman–Crippen LogP) is 0.300. The van der Waals surface area contributed by atoms with Crippen molar-refractivity contribution in [3.8, 4) is 0 Å². The Labute approximate surface area is 114 Å². The Bertz CT molecular complexity index is 323. The van der Waals surface area contributed by atoms with Gasteiger partial charge in [-0.1, -0.05) is 0 Å². The Morgan fingerprint density at radius 3 is 2.21 bits per heavy atom. The number of aliphatic hydroxyl groups excluding tert-OH is 1. The maximum absolute atomic E-state index is 11.9. The first-order chi connectivity index (χ1) is 8.86. The molecule has 19 heavy (non-hydrogen) atoms. The lowest BCUT2D eigenvalue weighted by atomic mass is 9.95. The summed E-state index contributed by atoms with van der Waals surface area (Å²) in [6.07, 6.45) is -0.255. The number of hydrogen-bond donors (Lipinski definition) is 1. The molecule has 110 valence electrons. The average molecular weight is 272 g/mol. The fraction of sp³-hybridized carbons (Fsp3) is 0.923. The third-order valence-electron chi connectivity index (χ3n) is 3.64. The highest BCUT2D eigenvalue weighted by Crippen LogP contribution is 2.26. The molecule has 0 radical (unpaired) electrons. The summed E-state index contributed by atoms with van der Waals surface area (Å²) in [7, 11) is 0. The zero-order valence-electron chi connectivity index (χ0n) is 12.0. The van der Waals surface area contributed by atoms with Crippen LogP contribution in [0.1, 0.15) is 20.8 Å². The van der Waals surface area contributed by atoms with Gasteiger partial charge in [-0.25, -0.2) is 4.79 Å². The Hall–Kier alpha value is -0.850. The van der Waals surface area contributed by atoms with E-state index in [4.69, 9.17) is 9.47 Å². The normalized spacial score (nSPS) is 23.9. The first-order valence-corrected chi connectivity index (χ1v) is 6.78. The topological polar surface area (TPSA) is 62.2 Å². The van der Waals surface area contributed by atoms with Crippen LogP contribution in [0.3, 0.4) is 0 Å². The van der Waals surface area contributed by atoms with Crippen molar-refractivity contribution >= 4 is 6.09 Å². The van der Waals surface area contributed by atoms with Crippen molar-refractivity contribution in [1.29, 1.82) is 0 Å². The van der Waals surface area contributed by atoms with Gasteiger partial charge < -0.3 is 19.5 Å². The van der Waals surface area contributed by atoms with E-state index in [2.05, 4.69) is 4.90 Å². The van der Waals surface area contributed by atoms with E-state index in [1.165, 1.54) is 0 Å². The van der Waals surface area contributed by atoms with Gasteiger partial charge in [-0.2, -0.15) is 0 Å². The van der Waals surface area contributed by atoms with Crippen LogP contribution in [0.5, 0.6) is 0 Å². The highest BCUT2D eigenvalue weighted by molar-refractivity contribution is 5.68. The zero-order valence-corrected chi connectivity index (χ0v) is 12.0. The average Bonchev–Trinajstić information content (AvgIpc) is 2.27. The van der Waals surface area contributed by atoms with Gasteiger partial charge in [0.25, 0.3) is 0 Å². The van der Waals surface area contributed by atoms with Crippen molar-refractivity contribution in [2.45, 2.75) is 31.9 Å². The van der Waals surface area contributed by atoms with Crippen molar-refractivity contribution in [1.82, 2.24) is 9.80 Å². The number of piperazine rings is 1. The molecule has 0 spiro atoms. The minimum Gasteiger partial charge on any atom is -0.444 e. The minimum absolute atomic E-state index is 0.111. The fourth-order valence-corrected chi connectivity index (χ4v) is 2.40. The van der Waals surface area contributed by atoms with Crippen LogP contribution in [0.2, 0.25) is 0 Å². The van der Waals surface area contributed by atoms with Crippen LogP contribution < -0.4 is 0 Å². The molecule has 2 fully saturated rings. The predicted molar refractivity (Wildman–Crippen MR) is 70.0 cm³/mol. The van der Waals surface area contributed by atoms with E-state index in [9.17, 15) is 9.90 Å². The molecular weight excluding hydrogens is 248 g/mol. The second-order valence-corrected chi connectivity index (χ2v) is 6.33. The molecule has 6 heteroatoms. The maximum Gasteiger partial charge on any atom is 0.410 e. The molecule has 2 saturated heterocycles. The molecular formula is C13H24N2O4. The monoisotopic (exact) mass is 272 g/mol. The highest BCUT2D eigenvalue weighted by atomic mass is 16.6. The quantitative estimate of drug-likeness (QED) is 0.783. The molecule has 0 aliphatic carbocycles. The van der Waals surface area contributed by atoms with Crippen molar-refractivity contribution in [3.05, 3.63) is 0 Å². The van der Waals surface area contributed by atoms with Crippen molar-refractivity contribution in [3.63, 3.8) is 0 Å². The van der Waals surface area contributed by atoms with Gasteiger partial charge in [-0.05, 0) is 20.8 Å². The first-order valence-electron chi connectivity index (χ1n) is 6.78. The van der Waals surface area contributed by atoms with E-state index < -0.39 is 5.60 Å². The molecule has 0 aromatic carbocycles. The van der Waals surface area contributed by atoms with Crippen molar-refractivity contribution in [2.75, 3.05) is 46.0 Å². The van der Waals surface area contributed by atoms with E-state index in [0.29, 0.717) is 26.3 Å². The molecule has 0 aromatic heterocycles. The molecule has 2 aliphatic heterocycles.